The van der Waals surface area contributed by atoms with Crippen molar-refractivity contribution in [3.8, 4) is 0 Å². The fraction of sp³-hybridized carbons (Fsp3) is 0.650. The lowest BCUT2D eigenvalue weighted by atomic mass is 10.2. The summed E-state index contributed by atoms with van der Waals surface area (Å²) in [4.78, 5) is 21.0. The van der Waals surface area contributed by atoms with Gasteiger partial charge in [0.15, 0.2) is 0 Å². The zero-order chi connectivity index (χ0) is 18.9. The molecule has 1 saturated heterocycles. The van der Waals surface area contributed by atoms with E-state index in [1.54, 1.807) is 0 Å². The van der Waals surface area contributed by atoms with Crippen molar-refractivity contribution in [1.29, 1.82) is 0 Å². The minimum atomic E-state index is 0.0697. The molecule has 146 valence electrons. The summed E-state index contributed by atoms with van der Waals surface area (Å²) in [5, 5.41) is 3.03. The van der Waals surface area contributed by atoms with Crippen LogP contribution in [0, 0.1) is 0 Å². The first-order valence-electron chi connectivity index (χ1n) is 9.82. The summed E-state index contributed by atoms with van der Waals surface area (Å²) in [6.07, 6.45) is 0.984. The van der Waals surface area contributed by atoms with Gasteiger partial charge in [-0.25, -0.2) is 4.79 Å². The Morgan fingerprint density at radius 3 is 2.19 bits per heavy atom. The third-order valence-corrected chi connectivity index (χ3v) is 4.97. The molecule has 0 saturated carbocycles. The van der Waals surface area contributed by atoms with Crippen LogP contribution in [0.2, 0.25) is 0 Å². The first kappa shape index (κ1) is 20.4. The zero-order valence-corrected chi connectivity index (χ0v) is 16.9. The number of hydrogen-bond acceptors (Lipinski definition) is 4. The molecule has 1 aromatic carbocycles. The molecule has 0 bridgehead atoms. The number of carbonyl (C=O) groups is 1. The summed E-state index contributed by atoms with van der Waals surface area (Å²) in [5.41, 5.74) is 2.52. The SMILES string of the molecule is CCN(CC)c1ccc(N2CCN(C(=O)NCCCN(C)C)CC2)cc1. The van der Waals surface area contributed by atoms with Crippen LogP contribution in [0.1, 0.15) is 20.3 Å². The summed E-state index contributed by atoms with van der Waals surface area (Å²) >= 11 is 0. The molecule has 1 aromatic rings. The highest BCUT2D eigenvalue weighted by Gasteiger charge is 2.21. The van der Waals surface area contributed by atoms with Crippen LogP contribution in [0.3, 0.4) is 0 Å². The van der Waals surface area contributed by atoms with E-state index < -0.39 is 0 Å². The highest BCUT2D eigenvalue weighted by atomic mass is 16.2. The summed E-state index contributed by atoms with van der Waals surface area (Å²) in [5.74, 6) is 0. The average molecular weight is 362 g/mol. The summed E-state index contributed by atoms with van der Waals surface area (Å²) in [7, 11) is 4.10. The minimum absolute atomic E-state index is 0.0697. The van der Waals surface area contributed by atoms with Crippen molar-refractivity contribution in [3.05, 3.63) is 24.3 Å². The second kappa shape index (κ2) is 10.3. The van der Waals surface area contributed by atoms with Crippen molar-refractivity contribution >= 4 is 17.4 Å². The van der Waals surface area contributed by atoms with Crippen molar-refractivity contribution < 1.29 is 4.79 Å². The standard InChI is InChI=1S/C20H35N5O/c1-5-23(6-2)18-8-10-19(11-9-18)24-14-16-25(17-15-24)20(26)21-12-7-13-22(3)4/h8-11H,5-7,12-17H2,1-4H3,(H,21,26). The molecule has 6 nitrogen and oxygen atoms in total. The maximum atomic E-state index is 12.2. The van der Waals surface area contributed by atoms with Crippen LogP contribution in [0.25, 0.3) is 0 Å². The van der Waals surface area contributed by atoms with Crippen molar-refractivity contribution in [3.63, 3.8) is 0 Å². The molecule has 1 aliphatic rings. The van der Waals surface area contributed by atoms with Gasteiger partial charge < -0.3 is 24.9 Å². The fourth-order valence-electron chi connectivity index (χ4n) is 3.33. The predicted octanol–water partition coefficient (Wildman–Crippen LogP) is 2.32. The molecule has 0 spiro atoms. The number of piperazine rings is 1. The first-order valence-corrected chi connectivity index (χ1v) is 9.82. The van der Waals surface area contributed by atoms with Crippen molar-refractivity contribution in [1.82, 2.24) is 15.1 Å². The van der Waals surface area contributed by atoms with Crippen LogP contribution >= 0.6 is 0 Å². The highest BCUT2D eigenvalue weighted by Crippen LogP contribution is 2.21. The molecule has 1 N–H and O–H groups in total. The Labute approximate surface area is 158 Å². The molecule has 0 aromatic heterocycles. The van der Waals surface area contributed by atoms with Crippen LogP contribution in [-0.2, 0) is 0 Å². The van der Waals surface area contributed by atoms with E-state index >= 15 is 0 Å². The number of amides is 2. The molecular weight excluding hydrogens is 326 g/mol. The van der Waals surface area contributed by atoms with Crippen LogP contribution in [0.4, 0.5) is 16.2 Å². The number of hydrogen-bond donors (Lipinski definition) is 1. The number of urea groups is 1. The number of rotatable bonds is 8. The number of anilines is 2. The molecule has 2 amide bonds. The van der Waals surface area contributed by atoms with Crippen LogP contribution in [0.15, 0.2) is 24.3 Å². The fourth-order valence-corrected chi connectivity index (χ4v) is 3.33. The summed E-state index contributed by atoms with van der Waals surface area (Å²) in [6, 6.07) is 8.87. The van der Waals surface area contributed by atoms with Gasteiger partial charge in [0.2, 0.25) is 0 Å². The quantitative estimate of drug-likeness (QED) is 0.722. The van der Waals surface area contributed by atoms with E-state index in [0.717, 1.165) is 58.8 Å². The Morgan fingerprint density at radius 2 is 1.65 bits per heavy atom. The molecule has 1 heterocycles. The van der Waals surface area contributed by atoms with Crippen LogP contribution < -0.4 is 15.1 Å². The van der Waals surface area contributed by atoms with E-state index in [9.17, 15) is 4.79 Å². The predicted molar refractivity (Wildman–Crippen MR) is 110 cm³/mol. The van der Waals surface area contributed by atoms with E-state index in [4.69, 9.17) is 0 Å². The number of benzene rings is 1. The maximum absolute atomic E-state index is 12.2. The second-order valence-electron chi connectivity index (χ2n) is 7.05. The molecule has 0 aliphatic carbocycles. The third kappa shape index (κ3) is 5.80. The largest absolute Gasteiger partial charge is 0.372 e. The van der Waals surface area contributed by atoms with Gasteiger partial charge in [-0.15, -0.1) is 0 Å². The number of nitrogens with zero attached hydrogens (tertiary/aromatic N) is 4. The van der Waals surface area contributed by atoms with Crippen molar-refractivity contribution in [2.75, 3.05) is 76.3 Å². The normalized spacial score (nSPS) is 14.7. The highest BCUT2D eigenvalue weighted by molar-refractivity contribution is 5.74. The van der Waals surface area contributed by atoms with Crippen molar-refractivity contribution in [2.45, 2.75) is 20.3 Å². The topological polar surface area (TPSA) is 42.1 Å². The van der Waals surface area contributed by atoms with Crippen LogP contribution in [-0.4, -0.2) is 82.3 Å². The van der Waals surface area contributed by atoms with E-state index in [2.05, 4.69) is 72.2 Å². The van der Waals surface area contributed by atoms with Gasteiger partial charge in [0.05, 0.1) is 0 Å². The van der Waals surface area contributed by atoms with Gasteiger partial charge in [0, 0.05) is 57.2 Å². The van der Waals surface area contributed by atoms with Gasteiger partial charge in [-0.3, -0.25) is 0 Å². The second-order valence-corrected chi connectivity index (χ2v) is 7.05. The molecule has 0 atom stereocenters. The molecular formula is C20H35N5O. The molecule has 0 radical (unpaired) electrons. The van der Waals surface area contributed by atoms with Crippen molar-refractivity contribution in [2.24, 2.45) is 0 Å². The molecule has 6 heteroatoms. The van der Waals surface area contributed by atoms with E-state index in [1.165, 1.54) is 11.4 Å². The number of nitrogens with one attached hydrogen (secondary N) is 1. The van der Waals surface area contributed by atoms with E-state index in [1.807, 2.05) is 4.90 Å². The van der Waals surface area contributed by atoms with Gasteiger partial charge in [0.1, 0.15) is 0 Å². The lowest BCUT2D eigenvalue weighted by Gasteiger charge is -2.36. The molecule has 1 aliphatic heterocycles. The smallest absolute Gasteiger partial charge is 0.317 e. The maximum Gasteiger partial charge on any atom is 0.317 e. The monoisotopic (exact) mass is 361 g/mol. The van der Waals surface area contributed by atoms with Gasteiger partial charge in [-0.2, -0.15) is 0 Å². The Bertz CT molecular complexity index is 534. The Morgan fingerprint density at radius 1 is 1.04 bits per heavy atom. The molecule has 1 fully saturated rings. The average Bonchev–Trinajstić information content (AvgIpc) is 2.66. The lowest BCUT2D eigenvalue weighted by Crippen LogP contribution is -2.52. The van der Waals surface area contributed by atoms with Gasteiger partial charge >= 0.3 is 6.03 Å². The van der Waals surface area contributed by atoms with Gasteiger partial charge in [-0.05, 0) is 65.2 Å². The summed E-state index contributed by atoms with van der Waals surface area (Å²) < 4.78 is 0. The van der Waals surface area contributed by atoms with Gasteiger partial charge in [-0.1, -0.05) is 0 Å². The number of carbonyl (C=O) groups excluding carboxylic acids is 1. The Hall–Kier alpha value is -1.95. The Balaban J connectivity index is 1.78. The van der Waals surface area contributed by atoms with E-state index in [-0.39, 0.29) is 6.03 Å². The third-order valence-electron chi connectivity index (χ3n) is 4.97. The first-order chi connectivity index (χ1) is 12.5. The molecule has 2 rings (SSSR count). The molecule has 0 unspecified atom stereocenters. The van der Waals surface area contributed by atoms with Crippen LogP contribution in [0.5, 0.6) is 0 Å². The molecule has 26 heavy (non-hydrogen) atoms. The zero-order valence-electron chi connectivity index (χ0n) is 16.9. The Kier molecular flexibility index (Phi) is 8.04. The lowest BCUT2D eigenvalue weighted by molar-refractivity contribution is 0.194. The van der Waals surface area contributed by atoms with Gasteiger partial charge in [0.25, 0.3) is 0 Å². The minimum Gasteiger partial charge on any atom is -0.372 e. The van der Waals surface area contributed by atoms with E-state index in [0.29, 0.717) is 0 Å². The summed E-state index contributed by atoms with van der Waals surface area (Å²) in [6.45, 7) is 11.5.